The van der Waals surface area contributed by atoms with Gasteiger partial charge in [0.1, 0.15) is 0 Å². The van der Waals surface area contributed by atoms with E-state index in [1.807, 2.05) is 0 Å². The van der Waals surface area contributed by atoms with Gasteiger partial charge < -0.3 is 5.32 Å². The Kier molecular flexibility index (Phi) is 4.95. The average Bonchev–Trinajstić information content (AvgIpc) is 2.26. The molecule has 1 atom stereocenters. The molecular formula is C13H23N. The van der Waals surface area contributed by atoms with E-state index in [1.54, 1.807) is 0 Å². The Labute approximate surface area is 88.3 Å². The van der Waals surface area contributed by atoms with Crippen molar-refractivity contribution in [2.45, 2.75) is 51.5 Å². The van der Waals surface area contributed by atoms with Gasteiger partial charge >= 0.3 is 0 Å². The molecule has 0 spiro atoms. The minimum absolute atomic E-state index is 0.252. The second-order valence-electron chi connectivity index (χ2n) is 4.13. The quantitative estimate of drug-likeness (QED) is 0.637. The lowest BCUT2D eigenvalue weighted by molar-refractivity contribution is 0.384. The van der Waals surface area contributed by atoms with Crippen molar-refractivity contribution in [1.29, 1.82) is 0 Å². The standard InChI is InChI=1S/C13H23N/c1-3-5-9-12-14-13(4-2)10-7-6-8-11-13/h6-8,10,14H,3-5,9,11-12H2,1-2H3/t13-/m1/s1. The normalized spacial score (nSPS) is 25.6. The predicted molar refractivity (Wildman–Crippen MR) is 63.4 cm³/mol. The summed E-state index contributed by atoms with van der Waals surface area (Å²) in [7, 11) is 0. The molecule has 0 aromatic heterocycles. The first-order chi connectivity index (χ1) is 6.83. The lowest BCUT2D eigenvalue weighted by Crippen LogP contribution is -2.43. The SMILES string of the molecule is CCCCCN[C@]1(CC)C=CC=CC1. The van der Waals surface area contributed by atoms with Gasteiger partial charge in [0.05, 0.1) is 0 Å². The Morgan fingerprint density at radius 3 is 2.64 bits per heavy atom. The fourth-order valence-electron chi connectivity index (χ4n) is 1.90. The van der Waals surface area contributed by atoms with E-state index in [4.69, 9.17) is 0 Å². The zero-order valence-corrected chi connectivity index (χ0v) is 9.55. The molecule has 0 saturated heterocycles. The predicted octanol–water partition coefficient (Wildman–Crippen LogP) is 3.43. The van der Waals surface area contributed by atoms with Crippen LogP contribution in [0.15, 0.2) is 24.3 Å². The second-order valence-corrected chi connectivity index (χ2v) is 4.13. The first-order valence-electron chi connectivity index (χ1n) is 5.92. The lowest BCUT2D eigenvalue weighted by Gasteiger charge is -2.31. The largest absolute Gasteiger partial charge is 0.308 e. The van der Waals surface area contributed by atoms with Crippen molar-refractivity contribution in [2.75, 3.05) is 6.54 Å². The third kappa shape index (κ3) is 3.30. The van der Waals surface area contributed by atoms with Gasteiger partial charge in [-0.05, 0) is 25.8 Å². The number of hydrogen-bond donors (Lipinski definition) is 1. The van der Waals surface area contributed by atoms with Crippen molar-refractivity contribution < 1.29 is 0 Å². The van der Waals surface area contributed by atoms with E-state index in [-0.39, 0.29) is 5.54 Å². The Balaban J connectivity index is 2.31. The van der Waals surface area contributed by atoms with Gasteiger partial charge in [0.25, 0.3) is 0 Å². The maximum Gasteiger partial charge on any atom is 0.0399 e. The van der Waals surface area contributed by atoms with Crippen LogP contribution in [-0.2, 0) is 0 Å². The molecule has 14 heavy (non-hydrogen) atoms. The number of unbranched alkanes of at least 4 members (excludes halogenated alkanes) is 2. The van der Waals surface area contributed by atoms with Crippen LogP contribution >= 0.6 is 0 Å². The summed E-state index contributed by atoms with van der Waals surface area (Å²) in [5, 5.41) is 3.68. The van der Waals surface area contributed by atoms with Crippen molar-refractivity contribution in [3.05, 3.63) is 24.3 Å². The highest BCUT2D eigenvalue weighted by Crippen LogP contribution is 2.21. The molecule has 0 aliphatic heterocycles. The zero-order chi connectivity index (χ0) is 10.3. The van der Waals surface area contributed by atoms with Crippen LogP contribution in [0.25, 0.3) is 0 Å². The molecule has 1 heteroatoms. The highest BCUT2D eigenvalue weighted by molar-refractivity contribution is 5.20. The Bertz CT molecular complexity index is 205. The molecule has 1 aliphatic rings. The van der Waals surface area contributed by atoms with Gasteiger partial charge in [0, 0.05) is 5.54 Å². The summed E-state index contributed by atoms with van der Waals surface area (Å²) in [5.41, 5.74) is 0.252. The molecular weight excluding hydrogens is 170 g/mol. The Morgan fingerprint density at radius 2 is 2.07 bits per heavy atom. The minimum atomic E-state index is 0.252. The third-order valence-corrected chi connectivity index (χ3v) is 3.03. The smallest absolute Gasteiger partial charge is 0.0399 e. The van der Waals surface area contributed by atoms with Gasteiger partial charge in [-0.25, -0.2) is 0 Å². The molecule has 80 valence electrons. The van der Waals surface area contributed by atoms with E-state index in [0.717, 1.165) is 13.0 Å². The van der Waals surface area contributed by atoms with Crippen LogP contribution in [0.2, 0.25) is 0 Å². The first kappa shape index (κ1) is 11.5. The average molecular weight is 193 g/mol. The zero-order valence-electron chi connectivity index (χ0n) is 9.55. The monoisotopic (exact) mass is 193 g/mol. The van der Waals surface area contributed by atoms with Gasteiger partial charge in [-0.2, -0.15) is 0 Å². The van der Waals surface area contributed by atoms with Crippen molar-refractivity contribution in [3.63, 3.8) is 0 Å². The number of allylic oxidation sites excluding steroid dienone is 2. The topological polar surface area (TPSA) is 12.0 Å². The third-order valence-electron chi connectivity index (χ3n) is 3.03. The van der Waals surface area contributed by atoms with Gasteiger partial charge in [0.15, 0.2) is 0 Å². The van der Waals surface area contributed by atoms with Crippen LogP contribution in [0.4, 0.5) is 0 Å². The molecule has 1 rings (SSSR count). The summed E-state index contributed by atoms with van der Waals surface area (Å²) in [6.45, 7) is 5.66. The molecule has 0 aromatic carbocycles. The maximum absolute atomic E-state index is 3.68. The van der Waals surface area contributed by atoms with E-state index in [9.17, 15) is 0 Å². The van der Waals surface area contributed by atoms with Crippen LogP contribution in [0.5, 0.6) is 0 Å². The van der Waals surface area contributed by atoms with Gasteiger partial charge in [-0.1, -0.05) is 51.0 Å². The number of rotatable bonds is 6. The van der Waals surface area contributed by atoms with Crippen LogP contribution in [0, 0.1) is 0 Å². The van der Waals surface area contributed by atoms with E-state index in [1.165, 1.54) is 25.7 Å². The van der Waals surface area contributed by atoms with Crippen LogP contribution in [-0.4, -0.2) is 12.1 Å². The molecule has 1 N–H and O–H groups in total. The summed E-state index contributed by atoms with van der Waals surface area (Å²) in [4.78, 5) is 0. The number of nitrogens with one attached hydrogen (secondary N) is 1. The molecule has 1 aliphatic carbocycles. The summed E-state index contributed by atoms with van der Waals surface area (Å²) < 4.78 is 0. The van der Waals surface area contributed by atoms with E-state index in [0.29, 0.717) is 0 Å². The molecule has 0 radical (unpaired) electrons. The highest BCUT2D eigenvalue weighted by atomic mass is 15.0. The highest BCUT2D eigenvalue weighted by Gasteiger charge is 2.23. The molecule has 0 fully saturated rings. The van der Waals surface area contributed by atoms with Crippen molar-refractivity contribution in [3.8, 4) is 0 Å². The van der Waals surface area contributed by atoms with Crippen LogP contribution < -0.4 is 5.32 Å². The van der Waals surface area contributed by atoms with E-state index < -0.39 is 0 Å². The molecule has 0 bridgehead atoms. The Morgan fingerprint density at radius 1 is 1.21 bits per heavy atom. The van der Waals surface area contributed by atoms with Gasteiger partial charge in [-0.15, -0.1) is 0 Å². The second kappa shape index (κ2) is 6.02. The first-order valence-corrected chi connectivity index (χ1v) is 5.92. The minimum Gasteiger partial charge on any atom is -0.308 e. The number of hydrogen-bond acceptors (Lipinski definition) is 1. The fourth-order valence-corrected chi connectivity index (χ4v) is 1.90. The summed E-state index contributed by atoms with van der Waals surface area (Å²) in [6, 6.07) is 0. The van der Waals surface area contributed by atoms with E-state index >= 15 is 0 Å². The van der Waals surface area contributed by atoms with Crippen molar-refractivity contribution >= 4 is 0 Å². The van der Waals surface area contributed by atoms with Gasteiger partial charge in [0.2, 0.25) is 0 Å². The lowest BCUT2D eigenvalue weighted by atomic mass is 9.88. The summed E-state index contributed by atoms with van der Waals surface area (Å²) in [6.07, 6.45) is 15.2. The van der Waals surface area contributed by atoms with Gasteiger partial charge in [-0.3, -0.25) is 0 Å². The Hall–Kier alpha value is -0.560. The molecule has 0 amide bonds. The summed E-state index contributed by atoms with van der Waals surface area (Å²) in [5.74, 6) is 0. The molecule has 0 heterocycles. The molecule has 0 aromatic rings. The molecule has 0 saturated carbocycles. The molecule has 0 unspecified atom stereocenters. The van der Waals surface area contributed by atoms with E-state index in [2.05, 4.69) is 43.5 Å². The van der Waals surface area contributed by atoms with Crippen LogP contribution in [0.3, 0.4) is 0 Å². The fraction of sp³-hybridized carbons (Fsp3) is 0.692. The van der Waals surface area contributed by atoms with Crippen molar-refractivity contribution in [2.24, 2.45) is 0 Å². The molecule has 1 nitrogen and oxygen atoms in total. The van der Waals surface area contributed by atoms with Crippen LogP contribution in [0.1, 0.15) is 46.0 Å². The van der Waals surface area contributed by atoms with Crippen molar-refractivity contribution in [1.82, 2.24) is 5.32 Å². The summed E-state index contributed by atoms with van der Waals surface area (Å²) >= 11 is 0. The maximum atomic E-state index is 3.68.